The Morgan fingerprint density at radius 1 is 1.07 bits per heavy atom. The quantitative estimate of drug-likeness (QED) is 0.253. The molecule has 0 bridgehead atoms. The fourth-order valence-corrected chi connectivity index (χ4v) is 4.66. The number of nitro groups is 1. The Bertz CT molecular complexity index is 1110. The molecule has 1 fully saturated rings. The van der Waals surface area contributed by atoms with Gasteiger partial charge < -0.3 is 0 Å². The van der Waals surface area contributed by atoms with Gasteiger partial charge >= 0.3 is 0 Å². The first-order chi connectivity index (χ1) is 14.6. The summed E-state index contributed by atoms with van der Waals surface area (Å²) in [5.41, 5.74) is 2.89. The van der Waals surface area contributed by atoms with Crippen LogP contribution in [0.4, 0.5) is 5.69 Å². The van der Waals surface area contributed by atoms with Crippen molar-refractivity contribution in [1.82, 2.24) is 4.68 Å². The number of halogens is 1. The number of aromatic nitrogens is 1. The maximum atomic E-state index is 10.9. The van der Waals surface area contributed by atoms with Crippen LogP contribution in [0.25, 0.3) is 11.3 Å². The third-order valence-corrected chi connectivity index (χ3v) is 6.48. The number of hydrogen-bond donors (Lipinski definition) is 0. The summed E-state index contributed by atoms with van der Waals surface area (Å²) in [7, 11) is 0. The molecule has 30 heavy (non-hydrogen) atoms. The number of thiazole rings is 1. The second-order valence-corrected chi connectivity index (χ2v) is 8.99. The summed E-state index contributed by atoms with van der Waals surface area (Å²) in [6, 6.07) is 14.8. The van der Waals surface area contributed by atoms with E-state index < -0.39 is 4.92 Å². The third kappa shape index (κ3) is 4.94. The fraction of sp³-hybridized carbons (Fsp3) is 0.273. The van der Waals surface area contributed by atoms with Crippen LogP contribution < -0.4 is 4.80 Å². The van der Waals surface area contributed by atoms with Crippen molar-refractivity contribution in [2.45, 2.75) is 38.1 Å². The van der Waals surface area contributed by atoms with Crippen LogP contribution >= 0.6 is 27.3 Å². The fourth-order valence-electron chi connectivity index (χ4n) is 3.49. The van der Waals surface area contributed by atoms with E-state index in [4.69, 9.17) is 10.1 Å². The summed E-state index contributed by atoms with van der Waals surface area (Å²) in [6.45, 7) is 0. The van der Waals surface area contributed by atoms with Crippen LogP contribution in [0.5, 0.6) is 0 Å². The van der Waals surface area contributed by atoms with Crippen LogP contribution in [0.3, 0.4) is 0 Å². The molecule has 4 rings (SSSR count). The minimum atomic E-state index is -0.401. The summed E-state index contributed by atoms with van der Waals surface area (Å²) in [5.74, 6) is 0. The van der Waals surface area contributed by atoms with Crippen LogP contribution in [-0.4, -0.2) is 21.9 Å². The molecule has 6 nitrogen and oxygen atoms in total. The second-order valence-electron chi connectivity index (χ2n) is 7.24. The van der Waals surface area contributed by atoms with Gasteiger partial charge in [0.05, 0.1) is 22.9 Å². The molecule has 0 saturated heterocycles. The molecule has 1 aliphatic carbocycles. The average molecular weight is 485 g/mol. The highest BCUT2D eigenvalue weighted by Gasteiger charge is 2.14. The molecular weight excluding hydrogens is 464 g/mol. The standard InChI is InChI=1S/C22H21BrN4O2S/c23-18-10-8-17(9-11-18)21-15-30-22(25-19-4-2-1-3-5-19)26(21)24-14-16-6-12-20(13-7-16)27(28)29/h6-15,19H,1-5H2. The third-order valence-electron chi connectivity index (χ3n) is 5.12. The second kappa shape index (κ2) is 9.49. The zero-order valence-corrected chi connectivity index (χ0v) is 18.7. The van der Waals surface area contributed by atoms with E-state index in [0.717, 1.165) is 38.9 Å². The molecule has 0 radical (unpaired) electrons. The Hall–Kier alpha value is -2.58. The summed E-state index contributed by atoms with van der Waals surface area (Å²) in [6.07, 6.45) is 7.71. The van der Waals surface area contributed by atoms with Crippen LogP contribution in [0.1, 0.15) is 37.7 Å². The van der Waals surface area contributed by atoms with Gasteiger partial charge in [0.25, 0.3) is 5.69 Å². The predicted octanol–water partition coefficient (Wildman–Crippen LogP) is 6.00. The Balaban J connectivity index is 1.72. The zero-order chi connectivity index (χ0) is 20.9. The van der Waals surface area contributed by atoms with E-state index in [1.165, 1.54) is 31.4 Å². The monoisotopic (exact) mass is 484 g/mol. The van der Waals surface area contributed by atoms with Gasteiger partial charge in [-0.2, -0.15) is 5.10 Å². The van der Waals surface area contributed by atoms with E-state index in [1.807, 2.05) is 16.8 Å². The van der Waals surface area contributed by atoms with E-state index in [1.54, 1.807) is 29.7 Å². The summed E-state index contributed by atoms with van der Waals surface area (Å²) in [4.78, 5) is 16.3. The minimum Gasteiger partial charge on any atom is -0.258 e. The molecule has 1 aliphatic rings. The highest BCUT2D eigenvalue weighted by Crippen LogP contribution is 2.24. The molecule has 0 N–H and O–H groups in total. The lowest BCUT2D eigenvalue weighted by atomic mass is 9.96. The SMILES string of the molecule is O=[N+]([O-])c1ccc(C=Nn2c(-c3ccc(Br)cc3)csc2=NC2CCCCC2)cc1. The predicted molar refractivity (Wildman–Crippen MR) is 124 cm³/mol. The maximum absolute atomic E-state index is 10.9. The van der Waals surface area contributed by atoms with E-state index in [9.17, 15) is 10.1 Å². The van der Waals surface area contributed by atoms with E-state index in [-0.39, 0.29) is 5.69 Å². The van der Waals surface area contributed by atoms with Crippen molar-refractivity contribution >= 4 is 39.2 Å². The molecule has 0 atom stereocenters. The molecule has 1 aromatic heterocycles. The highest BCUT2D eigenvalue weighted by atomic mass is 79.9. The van der Waals surface area contributed by atoms with Gasteiger partial charge in [-0.05, 0) is 42.7 Å². The van der Waals surface area contributed by atoms with Crippen molar-refractivity contribution in [2.75, 3.05) is 0 Å². The van der Waals surface area contributed by atoms with E-state index >= 15 is 0 Å². The molecule has 2 aromatic carbocycles. The largest absolute Gasteiger partial charge is 0.269 e. The van der Waals surface area contributed by atoms with Crippen molar-refractivity contribution in [2.24, 2.45) is 10.1 Å². The molecule has 0 unspecified atom stereocenters. The molecular formula is C22H21BrN4O2S. The van der Waals surface area contributed by atoms with E-state index in [2.05, 4.69) is 33.4 Å². The average Bonchev–Trinajstić information content (AvgIpc) is 3.16. The topological polar surface area (TPSA) is 72.8 Å². The lowest BCUT2D eigenvalue weighted by molar-refractivity contribution is -0.384. The molecule has 3 aromatic rings. The van der Waals surface area contributed by atoms with Crippen LogP contribution in [-0.2, 0) is 0 Å². The molecule has 1 heterocycles. The number of nitro benzene ring substituents is 1. The van der Waals surface area contributed by atoms with Gasteiger partial charge in [0.1, 0.15) is 0 Å². The molecule has 1 saturated carbocycles. The summed E-state index contributed by atoms with van der Waals surface area (Å²) >= 11 is 5.08. The molecule has 8 heteroatoms. The van der Waals surface area contributed by atoms with Gasteiger partial charge in [-0.15, -0.1) is 11.3 Å². The van der Waals surface area contributed by atoms with Gasteiger partial charge in [0, 0.05) is 27.5 Å². The Labute approximate surface area is 186 Å². The minimum absolute atomic E-state index is 0.0684. The number of nitrogens with zero attached hydrogens (tertiary/aromatic N) is 4. The molecule has 0 amide bonds. The van der Waals surface area contributed by atoms with Gasteiger partial charge in [-0.1, -0.05) is 47.3 Å². The van der Waals surface area contributed by atoms with Crippen LogP contribution in [0, 0.1) is 10.1 Å². The first-order valence-corrected chi connectivity index (χ1v) is 11.6. The summed E-state index contributed by atoms with van der Waals surface area (Å²) < 4.78 is 2.90. The number of benzene rings is 2. The van der Waals surface area contributed by atoms with E-state index in [0.29, 0.717) is 6.04 Å². The Morgan fingerprint density at radius 2 is 1.77 bits per heavy atom. The van der Waals surface area contributed by atoms with Crippen molar-refractivity contribution in [1.29, 1.82) is 0 Å². The first-order valence-electron chi connectivity index (χ1n) is 9.89. The zero-order valence-electron chi connectivity index (χ0n) is 16.3. The number of hydrogen-bond acceptors (Lipinski definition) is 5. The van der Waals surface area contributed by atoms with Crippen molar-refractivity contribution in [3.63, 3.8) is 0 Å². The number of non-ortho nitro benzene ring substituents is 1. The lowest BCUT2D eigenvalue weighted by Gasteiger charge is -2.16. The Kier molecular flexibility index (Phi) is 6.54. The summed E-state index contributed by atoms with van der Waals surface area (Å²) in [5, 5.41) is 17.7. The maximum Gasteiger partial charge on any atom is 0.269 e. The lowest BCUT2D eigenvalue weighted by Crippen LogP contribution is -2.19. The van der Waals surface area contributed by atoms with Crippen molar-refractivity contribution in [3.05, 3.63) is 78.9 Å². The van der Waals surface area contributed by atoms with Crippen molar-refractivity contribution in [3.8, 4) is 11.3 Å². The van der Waals surface area contributed by atoms with Gasteiger partial charge in [-0.3, -0.25) is 15.1 Å². The van der Waals surface area contributed by atoms with Crippen molar-refractivity contribution < 1.29 is 4.92 Å². The van der Waals surface area contributed by atoms with Crippen LogP contribution in [0.15, 0.2) is 68.5 Å². The van der Waals surface area contributed by atoms with Crippen LogP contribution in [0.2, 0.25) is 0 Å². The highest BCUT2D eigenvalue weighted by molar-refractivity contribution is 9.10. The molecule has 0 spiro atoms. The normalized spacial score (nSPS) is 15.7. The van der Waals surface area contributed by atoms with Gasteiger partial charge in [0.15, 0.2) is 0 Å². The first kappa shape index (κ1) is 20.7. The molecule has 154 valence electrons. The van der Waals surface area contributed by atoms with Gasteiger partial charge in [-0.25, -0.2) is 4.68 Å². The molecule has 0 aliphatic heterocycles. The number of rotatable bonds is 5. The smallest absolute Gasteiger partial charge is 0.258 e. The Morgan fingerprint density at radius 3 is 2.43 bits per heavy atom. The van der Waals surface area contributed by atoms with Gasteiger partial charge in [0.2, 0.25) is 4.80 Å².